The lowest BCUT2D eigenvalue weighted by molar-refractivity contribution is -0.146. The number of benzene rings is 2. The monoisotopic (exact) mass is 586 g/mol. The van der Waals surface area contributed by atoms with E-state index in [0.29, 0.717) is 23.0 Å². The topological polar surface area (TPSA) is 144 Å². The van der Waals surface area contributed by atoms with Crippen LogP contribution in [0.15, 0.2) is 41.4 Å². The van der Waals surface area contributed by atoms with Gasteiger partial charge < -0.3 is 15.6 Å². The minimum Gasteiger partial charge on any atom is -0.496 e. The van der Waals surface area contributed by atoms with Crippen LogP contribution in [-0.2, 0) is 20.8 Å². The van der Waals surface area contributed by atoms with Crippen molar-refractivity contribution >= 4 is 40.9 Å². The summed E-state index contributed by atoms with van der Waals surface area (Å²) in [6.45, 7) is 7.68. The molecule has 41 heavy (non-hydrogen) atoms. The van der Waals surface area contributed by atoms with Gasteiger partial charge in [0.05, 0.1) is 37.3 Å². The maximum absolute atomic E-state index is 13.9. The van der Waals surface area contributed by atoms with Crippen molar-refractivity contribution in [2.24, 2.45) is 10.9 Å². The number of ether oxygens (including phenoxy) is 1. The van der Waals surface area contributed by atoms with Gasteiger partial charge in [-0.05, 0) is 81.0 Å². The SMILES string of the molecule is CCC[C@@H](CC(=O)N1CC(NOC(C)(C)C)=NCC(Cc2cc(Cl)ccc2OC)C1=O)c1ccc(C(=O)O)c(N)c1. The number of carbonyl (C=O) groups excluding carboxylic acids is 2. The van der Waals surface area contributed by atoms with Gasteiger partial charge >= 0.3 is 5.97 Å². The fourth-order valence-electron chi connectivity index (χ4n) is 4.69. The lowest BCUT2D eigenvalue weighted by atomic mass is 9.89. The number of amidine groups is 1. The number of hydrogen-bond acceptors (Lipinski definition) is 8. The maximum Gasteiger partial charge on any atom is 0.337 e. The van der Waals surface area contributed by atoms with Crippen molar-refractivity contribution in [3.05, 3.63) is 58.1 Å². The predicted octanol–water partition coefficient (Wildman–Crippen LogP) is 4.85. The number of halogens is 1. The number of nitrogens with two attached hydrogens (primary N) is 1. The first-order valence-electron chi connectivity index (χ1n) is 13.6. The molecule has 2 aromatic rings. The van der Waals surface area contributed by atoms with Gasteiger partial charge in [0, 0.05) is 17.1 Å². The van der Waals surface area contributed by atoms with E-state index in [-0.39, 0.29) is 54.9 Å². The Kier molecular flexibility index (Phi) is 10.8. The first kappa shape index (κ1) is 31.9. The molecule has 0 aliphatic carbocycles. The van der Waals surface area contributed by atoms with Crippen LogP contribution < -0.4 is 16.0 Å². The second-order valence-corrected chi connectivity index (χ2v) is 11.6. The highest BCUT2D eigenvalue weighted by atomic mass is 35.5. The average Bonchev–Trinajstić information content (AvgIpc) is 3.05. The predicted molar refractivity (Wildman–Crippen MR) is 158 cm³/mol. The number of methoxy groups -OCH3 is 1. The van der Waals surface area contributed by atoms with E-state index in [1.807, 2.05) is 27.7 Å². The smallest absolute Gasteiger partial charge is 0.337 e. The molecule has 4 N–H and O–H groups in total. The van der Waals surface area contributed by atoms with Crippen molar-refractivity contribution in [2.75, 3.05) is 25.9 Å². The molecule has 2 amide bonds. The van der Waals surface area contributed by atoms with Crippen LogP contribution in [0.25, 0.3) is 0 Å². The molecular formula is C30H39ClN4O6. The summed E-state index contributed by atoms with van der Waals surface area (Å²) in [7, 11) is 1.55. The van der Waals surface area contributed by atoms with E-state index in [1.54, 1.807) is 37.4 Å². The second-order valence-electron chi connectivity index (χ2n) is 11.1. The molecule has 3 rings (SSSR count). The van der Waals surface area contributed by atoms with Crippen LogP contribution in [0.1, 0.15) is 74.4 Å². The summed E-state index contributed by atoms with van der Waals surface area (Å²) in [5.41, 5.74) is 9.92. The van der Waals surface area contributed by atoms with Gasteiger partial charge in [-0.1, -0.05) is 31.0 Å². The largest absolute Gasteiger partial charge is 0.496 e. The van der Waals surface area contributed by atoms with Gasteiger partial charge in [-0.25, -0.2) is 4.79 Å². The third kappa shape index (κ3) is 8.68. The number of nitrogen functional groups attached to an aromatic ring is 1. The van der Waals surface area contributed by atoms with Gasteiger partial charge in [-0.15, -0.1) is 0 Å². The van der Waals surface area contributed by atoms with E-state index in [4.69, 9.17) is 26.9 Å². The fraction of sp³-hybridized carbons (Fsp3) is 0.467. The number of amides is 2. The quantitative estimate of drug-likeness (QED) is 0.265. The number of anilines is 1. The molecule has 2 atom stereocenters. The van der Waals surface area contributed by atoms with Crippen molar-refractivity contribution < 1.29 is 29.1 Å². The number of aliphatic imine (C=N–C) groups is 1. The molecule has 2 aromatic carbocycles. The molecule has 1 unspecified atom stereocenters. The third-order valence-corrected chi connectivity index (χ3v) is 6.98. The Morgan fingerprint density at radius 2 is 1.98 bits per heavy atom. The Morgan fingerprint density at radius 3 is 2.59 bits per heavy atom. The highest BCUT2D eigenvalue weighted by molar-refractivity contribution is 6.30. The summed E-state index contributed by atoms with van der Waals surface area (Å²) in [5.74, 6) is -1.80. The number of hydroxylamine groups is 1. The molecule has 1 heterocycles. The van der Waals surface area contributed by atoms with Crippen molar-refractivity contribution in [1.29, 1.82) is 0 Å². The molecule has 0 saturated carbocycles. The zero-order valence-electron chi connectivity index (χ0n) is 24.2. The number of carboxylic acid groups (broad SMARTS) is 1. The van der Waals surface area contributed by atoms with Crippen molar-refractivity contribution in [2.45, 2.75) is 64.9 Å². The summed E-state index contributed by atoms with van der Waals surface area (Å²) < 4.78 is 5.48. The second kappa shape index (κ2) is 13.8. The molecule has 0 saturated heterocycles. The van der Waals surface area contributed by atoms with Crippen LogP contribution in [0.3, 0.4) is 0 Å². The number of nitrogens with zero attached hydrogens (tertiary/aromatic N) is 2. The number of carbonyl (C=O) groups is 3. The van der Waals surface area contributed by atoms with Gasteiger partial charge in [0.2, 0.25) is 11.8 Å². The van der Waals surface area contributed by atoms with Gasteiger partial charge in [0.1, 0.15) is 11.6 Å². The van der Waals surface area contributed by atoms with E-state index < -0.39 is 17.5 Å². The van der Waals surface area contributed by atoms with Gasteiger partial charge in [-0.3, -0.25) is 29.8 Å². The summed E-state index contributed by atoms with van der Waals surface area (Å²) in [5, 5.41) is 9.86. The minimum absolute atomic E-state index is 0.00285. The maximum atomic E-state index is 13.9. The molecule has 0 radical (unpaired) electrons. The molecule has 222 valence electrons. The van der Waals surface area contributed by atoms with E-state index in [2.05, 4.69) is 10.5 Å². The third-order valence-electron chi connectivity index (χ3n) is 6.75. The highest BCUT2D eigenvalue weighted by Crippen LogP contribution is 2.30. The van der Waals surface area contributed by atoms with Crippen molar-refractivity contribution in [3.8, 4) is 5.75 Å². The molecule has 0 fully saturated rings. The lowest BCUT2D eigenvalue weighted by Gasteiger charge is -2.27. The first-order valence-corrected chi connectivity index (χ1v) is 14.0. The number of aromatic carboxylic acids is 1. The van der Waals surface area contributed by atoms with Gasteiger partial charge in [0.25, 0.3) is 0 Å². The van der Waals surface area contributed by atoms with E-state index in [1.165, 1.54) is 11.0 Å². The number of rotatable bonds is 10. The Hall–Kier alpha value is -3.63. The molecule has 0 spiro atoms. The summed E-state index contributed by atoms with van der Waals surface area (Å²) in [4.78, 5) is 50.6. The average molecular weight is 587 g/mol. The van der Waals surface area contributed by atoms with Crippen LogP contribution in [0.2, 0.25) is 5.02 Å². The normalized spacial score (nSPS) is 16.5. The minimum atomic E-state index is -1.12. The molecule has 11 heteroatoms. The summed E-state index contributed by atoms with van der Waals surface area (Å²) >= 11 is 6.23. The van der Waals surface area contributed by atoms with Gasteiger partial charge in [0.15, 0.2) is 0 Å². The molecular weight excluding hydrogens is 548 g/mol. The Balaban J connectivity index is 1.91. The number of imide groups is 1. The Morgan fingerprint density at radius 1 is 1.24 bits per heavy atom. The number of nitrogens with one attached hydrogen (secondary N) is 1. The van der Waals surface area contributed by atoms with Crippen molar-refractivity contribution in [1.82, 2.24) is 10.4 Å². The van der Waals surface area contributed by atoms with Crippen LogP contribution in [0, 0.1) is 5.92 Å². The first-order chi connectivity index (χ1) is 19.3. The van der Waals surface area contributed by atoms with Crippen molar-refractivity contribution in [3.63, 3.8) is 0 Å². The van der Waals surface area contributed by atoms with Crippen LogP contribution >= 0.6 is 11.6 Å². The number of hydrogen-bond donors (Lipinski definition) is 3. The van der Waals surface area contributed by atoms with Gasteiger partial charge in [-0.2, -0.15) is 0 Å². The Labute approximate surface area is 245 Å². The summed E-state index contributed by atoms with van der Waals surface area (Å²) in [6.07, 6.45) is 1.73. The molecule has 0 bridgehead atoms. The molecule has 0 aromatic heterocycles. The van der Waals surface area contributed by atoms with Crippen LogP contribution in [-0.4, -0.2) is 59.4 Å². The fourth-order valence-corrected chi connectivity index (χ4v) is 4.89. The van der Waals surface area contributed by atoms with E-state index in [0.717, 1.165) is 17.5 Å². The van der Waals surface area contributed by atoms with E-state index in [9.17, 15) is 19.5 Å². The zero-order valence-corrected chi connectivity index (χ0v) is 25.0. The Bertz CT molecular complexity index is 1310. The molecule has 10 nitrogen and oxygen atoms in total. The molecule has 1 aliphatic heterocycles. The summed E-state index contributed by atoms with van der Waals surface area (Å²) in [6, 6.07) is 9.93. The standard InChI is InChI=1S/C30H39ClN4O6/c1-6-7-18(19-8-10-23(29(38)39)24(32)14-19)15-27(36)35-17-26(34-41-30(2,3)4)33-16-21(28(35)37)12-20-13-22(31)9-11-25(20)40-5/h8-11,13-14,18,21H,6-7,12,15-17,32H2,1-5H3,(H,33,34)(H,38,39)/t18-,21?/m0/s1. The van der Waals surface area contributed by atoms with E-state index >= 15 is 0 Å². The number of carboxylic acids is 1. The van der Waals surface area contributed by atoms with Crippen LogP contribution in [0.4, 0.5) is 5.69 Å². The zero-order chi connectivity index (χ0) is 30.3. The molecule has 1 aliphatic rings. The highest BCUT2D eigenvalue weighted by Gasteiger charge is 2.34. The lowest BCUT2D eigenvalue weighted by Crippen LogP contribution is -2.46. The van der Waals surface area contributed by atoms with Crippen LogP contribution in [0.5, 0.6) is 5.75 Å².